The van der Waals surface area contributed by atoms with Crippen LogP contribution in [0.3, 0.4) is 0 Å². The number of aliphatic hydroxyl groups excluding tert-OH is 1. The Kier molecular flexibility index (Phi) is 6.02. The highest BCUT2D eigenvalue weighted by atomic mass is 16.3. The maximum absolute atomic E-state index is 12.3. The van der Waals surface area contributed by atoms with Crippen molar-refractivity contribution in [3.05, 3.63) is 52.7 Å². The Balaban J connectivity index is 1.46. The SMILES string of the molecule is O=C(N[C@H]1CC[C@H](C(=O)NCCn2cccn2)C[C@@H]1O)c1cccc(=O)[nH]1. The van der Waals surface area contributed by atoms with Crippen LogP contribution < -0.4 is 16.2 Å². The second kappa shape index (κ2) is 8.63. The molecule has 3 rings (SSSR count). The molecule has 3 atom stereocenters. The number of carbonyl (C=O) groups is 2. The predicted molar refractivity (Wildman–Crippen MR) is 96.9 cm³/mol. The largest absolute Gasteiger partial charge is 0.391 e. The topological polar surface area (TPSA) is 129 Å². The van der Waals surface area contributed by atoms with Crippen LogP contribution in [0.4, 0.5) is 0 Å². The average Bonchev–Trinajstić information content (AvgIpc) is 3.16. The molecule has 0 unspecified atom stereocenters. The number of rotatable bonds is 6. The number of nitrogens with zero attached hydrogens (tertiary/aromatic N) is 2. The lowest BCUT2D eigenvalue weighted by Crippen LogP contribution is -2.49. The second-order valence-corrected chi connectivity index (χ2v) is 6.65. The van der Waals surface area contributed by atoms with E-state index in [4.69, 9.17) is 0 Å². The molecular weight excluding hydrogens is 350 g/mol. The van der Waals surface area contributed by atoms with E-state index < -0.39 is 18.1 Å². The summed E-state index contributed by atoms with van der Waals surface area (Å²) in [5, 5.41) is 20.0. The summed E-state index contributed by atoms with van der Waals surface area (Å²) < 4.78 is 1.73. The number of pyridine rings is 1. The van der Waals surface area contributed by atoms with Gasteiger partial charge < -0.3 is 20.7 Å². The number of aliphatic hydroxyl groups is 1. The fraction of sp³-hybridized carbons (Fsp3) is 0.444. The number of amides is 2. The molecule has 0 spiro atoms. The van der Waals surface area contributed by atoms with Gasteiger partial charge in [-0.3, -0.25) is 19.1 Å². The lowest BCUT2D eigenvalue weighted by atomic mass is 9.83. The summed E-state index contributed by atoms with van der Waals surface area (Å²) in [6.07, 6.45) is 4.02. The molecule has 1 saturated carbocycles. The molecule has 2 aromatic rings. The van der Waals surface area contributed by atoms with Crippen LogP contribution in [0.5, 0.6) is 0 Å². The number of carbonyl (C=O) groups excluding carboxylic acids is 2. The van der Waals surface area contributed by atoms with E-state index in [-0.39, 0.29) is 29.5 Å². The molecule has 1 aliphatic rings. The average molecular weight is 373 g/mol. The van der Waals surface area contributed by atoms with Gasteiger partial charge in [0.2, 0.25) is 11.5 Å². The maximum Gasteiger partial charge on any atom is 0.268 e. The van der Waals surface area contributed by atoms with Crippen LogP contribution in [0.15, 0.2) is 41.5 Å². The minimum Gasteiger partial charge on any atom is -0.391 e. The Bertz CT molecular complexity index is 832. The standard InChI is InChI=1S/C18H23N5O4/c24-15-11-12(17(26)19-8-10-23-9-2-7-20-23)5-6-13(15)22-18(27)14-3-1-4-16(25)21-14/h1-4,7,9,12-13,15,24H,5-6,8,10-11H2,(H,19,26)(H,21,25)(H,22,27)/t12-,13-,15-/m0/s1. The number of hydrogen-bond donors (Lipinski definition) is 4. The molecule has 0 radical (unpaired) electrons. The van der Waals surface area contributed by atoms with E-state index in [1.807, 2.05) is 12.3 Å². The molecule has 0 saturated heterocycles. The first-order chi connectivity index (χ1) is 13.0. The Morgan fingerprint density at radius 2 is 2.15 bits per heavy atom. The molecule has 27 heavy (non-hydrogen) atoms. The molecular formula is C18H23N5O4. The van der Waals surface area contributed by atoms with Crippen molar-refractivity contribution >= 4 is 11.8 Å². The third-order valence-corrected chi connectivity index (χ3v) is 4.72. The van der Waals surface area contributed by atoms with Crippen LogP contribution in [0.25, 0.3) is 0 Å². The molecule has 0 aromatic carbocycles. The van der Waals surface area contributed by atoms with Crippen LogP contribution in [0, 0.1) is 5.92 Å². The molecule has 144 valence electrons. The normalized spacial score (nSPS) is 22.2. The quantitative estimate of drug-likeness (QED) is 0.550. The van der Waals surface area contributed by atoms with Crippen LogP contribution in [-0.4, -0.2) is 50.4 Å². The Morgan fingerprint density at radius 3 is 2.85 bits per heavy atom. The Hall–Kier alpha value is -2.94. The first-order valence-corrected chi connectivity index (χ1v) is 8.96. The lowest BCUT2D eigenvalue weighted by Gasteiger charge is -2.32. The van der Waals surface area contributed by atoms with Crippen molar-refractivity contribution < 1.29 is 14.7 Å². The van der Waals surface area contributed by atoms with E-state index in [1.165, 1.54) is 18.2 Å². The van der Waals surface area contributed by atoms with Gasteiger partial charge >= 0.3 is 0 Å². The minimum absolute atomic E-state index is 0.0987. The smallest absolute Gasteiger partial charge is 0.268 e. The van der Waals surface area contributed by atoms with E-state index in [0.29, 0.717) is 25.9 Å². The van der Waals surface area contributed by atoms with E-state index >= 15 is 0 Å². The molecule has 9 heteroatoms. The van der Waals surface area contributed by atoms with E-state index in [1.54, 1.807) is 10.9 Å². The Morgan fingerprint density at radius 1 is 1.30 bits per heavy atom. The monoisotopic (exact) mass is 373 g/mol. The van der Waals surface area contributed by atoms with Crippen molar-refractivity contribution in [1.82, 2.24) is 25.4 Å². The van der Waals surface area contributed by atoms with Gasteiger partial charge in [-0.05, 0) is 31.4 Å². The molecule has 9 nitrogen and oxygen atoms in total. The highest BCUT2D eigenvalue weighted by Gasteiger charge is 2.33. The van der Waals surface area contributed by atoms with E-state index in [9.17, 15) is 19.5 Å². The summed E-state index contributed by atoms with van der Waals surface area (Å²) in [4.78, 5) is 38.2. The zero-order chi connectivity index (χ0) is 19.2. The van der Waals surface area contributed by atoms with Gasteiger partial charge in [-0.1, -0.05) is 6.07 Å². The molecule has 2 aromatic heterocycles. The third-order valence-electron chi connectivity index (χ3n) is 4.72. The van der Waals surface area contributed by atoms with Crippen molar-refractivity contribution in [2.75, 3.05) is 6.54 Å². The number of H-pyrrole nitrogens is 1. The second-order valence-electron chi connectivity index (χ2n) is 6.65. The summed E-state index contributed by atoms with van der Waals surface area (Å²) in [5.41, 5.74) is -0.216. The fourth-order valence-corrected chi connectivity index (χ4v) is 3.25. The number of aromatic nitrogens is 3. The van der Waals surface area contributed by atoms with Crippen LogP contribution in [0.1, 0.15) is 29.8 Å². The number of aromatic amines is 1. The Labute approximate surface area is 155 Å². The van der Waals surface area contributed by atoms with Gasteiger partial charge in [0.05, 0.1) is 18.7 Å². The van der Waals surface area contributed by atoms with E-state index in [0.717, 1.165) is 0 Å². The van der Waals surface area contributed by atoms with Gasteiger partial charge in [0, 0.05) is 30.9 Å². The minimum atomic E-state index is -0.819. The van der Waals surface area contributed by atoms with Gasteiger partial charge in [0.15, 0.2) is 0 Å². The van der Waals surface area contributed by atoms with Gasteiger partial charge in [-0.25, -0.2) is 0 Å². The summed E-state index contributed by atoms with van der Waals surface area (Å²) in [7, 11) is 0. The van der Waals surface area contributed by atoms with Crippen molar-refractivity contribution in [1.29, 1.82) is 0 Å². The van der Waals surface area contributed by atoms with Crippen molar-refractivity contribution in [3.63, 3.8) is 0 Å². The fourth-order valence-electron chi connectivity index (χ4n) is 3.25. The van der Waals surface area contributed by atoms with Gasteiger partial charge in [-0.2, -0.15) is 5.10 Å². The molecule has 2 amide bonds. The predicted octanol–water partition coefficient (Wildman–Crippen LogP) is -0.353. The highest BCUT2D eigenvalue weighted by Crippen LogP contribution is 2.25. The van der Waals surface area contributed by atoms with Gasteiger partial charge in [0.25, 0.3) is 5.91 Å². The maximum atomic E-state index is 12.3. The van der Waals surface area contributed by atoms with Crippen molar-refractivity contribution in [2.24, 2.45) is 5.92 Å². The molecule has 1 fully saturated rings. The highest BCUT2D eigenvalue weighted by molar-refractivity contribution is 5.92. The number of nitrogens with one attached hydrogen (secondary N) is 3. The van der Waals surface area contributed by atoms with Crippen molar-refractivity contribution in [2.45, 2.75) is 38.0 Å². The third kappa shape index (κ3) is 5.04. The van der Waals surface area contributed by atoms with Crippen LogP contribution in [-0.2, 0) is 11.3 Å². The summed E-state index contributed by atoms with van der Waals surface area (Å²) in [5.74, 6) is -0.834. The summed E-state index contributed by atoms with van der Waals surface area (Å²) in [6, 6.07) is 5.69. The molecule has 4 N–H and O–H groups in total. The van der Waals surface area contributed by atoms with E-state index in [2.05, 4.69) is 20.7 Å². The molecule has 0 bridgehead atoms. The first kappa shape index (κ1) is 18.8. The van der Waals surface area contributed by atoms with Crippen LogP contribution in [0.2, 0.25) is 0 Å². The zero-order valence-corrected chi connectivity index (χ0v) is 14.8. The number of hydrogen-bond acceptors (Lipinski definition) is 5. The van der Waals surface area contributed by atoms with Crippen molar-refractivity contribution in [3.8, 4) is 0 Å². The van der Waals surface area contributed by atoms with Crippen LogP contribution >= 0.6 is 0 Å². The molecule has 0 aliphatic heterocycles. The first-order valence-electron chi connectivity index (χ1n) is 8.96. The van der Waals surface area contributed by atoms with Gasteiger partial charge in [-0.15, -0.1) is 0 Å². The summed E-state index contributed by atoms with van der Waals surface area (Å²) >= 11 is 0. The van der Waals surface area contributed by atoms with Gasteiger partial charge in [0.1, 0.15) is 5.69 Å². The zero-order valence-electron chi connectivity index (χ0n) is 14.8. The molecule has 1 aliphatic carbocycles. The summed E-state index contributed by atoms with van der Waals surface area (Å²) in [6.45, 7) is 1.05. The lowest BCUT2D eigenvalue weighted by molar-refractivity contribution is -0.127. The molecule has 2 heterocycles.